The Labute approximate surface area is 158 Å². The molecule has 2 N–H and O–H groups in total. The fourth-order valence-corrected chi connectivity index (χ4v) is 3.19. The second-order valence-corrected chi connectivity index (χ2v) is 8.93. The third-order valence-corrected chi connectivity index (χ3v) is 6.12. The zero-order valence-electron chi connectivity index (χ0n) is 15.6. The minimum absolute atomic E-state index is 0.101. The first-order chi connectivity index (χ1) is 12.5. The van der Waals surface area contributed by atoms with E-state index in [0.717, 1.165) is 4.31 Å². The van der Waals surface area contributed by atoms with Crippen molar-refractivity contribution in [3.63, 3.8) is 0 Å². The topological polar surface area (TPSA) is 104 Å². The third kappa shape index (κ3) is 4.35. The molecule has 1 amide bonds. The molecule has 0 heterocycles. The van der Waals surface area contributed by atoms with E-state index >= 15 is 0 Å². The molecule has 0 aromatic heterocycles. The maximum absolute atomic E-state index is 12.3. The number of carboxylic acid groups (broad SMARTS) is 1. The molecule has 0 saturated heterocycles. The summed E-state index contributed by atoms with van der Waals surface area (Å²) in [5, 5.41) is 12.0. The van der Waals surface area contributed by atoms with Crippen LogP contribution in [0.1, 0.15) is 29.8 Å². The van der Waals surface area contributed by atoms with E-state index in [4.69, 9.17) is 0 Å². The smallest absolute Gasteiger partial charge is 0.313 e. The molecule has 2 aromatic carbocycles. The Balaban J connectivity index is 2.15. The van der Waals surface area contributed by atoms with E-state index in [1.54, 1.807) is 38.1 Å². The normalized spacial score (nSPS) is 12.0. The lowest BCUT2D eigenvalue weighted by atomic mass is 9.85. The van der Waals surface area contributed by atoms with E-state index in [2.05, 4.69) is 5.32 Å². The summed E-state index contributed by atoms with van der Waals surface area (Å²) in [6.07, 6.45) is 0. The van der Waals surface area contributed by atoms with Crippen molar-refractivity contribution in [2.24, 2.45) is 0 Å². The van der Waals surface area contributed by atoms with Crippen LogP contribution in [-0.2, 0) is 20.2 Å². The number of amides is 1. The number of sulfonamides is 1. The predicted octanol–water partition coefficient (Wildman–Crippen LogP) is 2.55. The molecule has 2 rings (SSSR count). The number of aliphatic carboxylic acids is 1. The van der Waals surface area contributed by atoms with Gasteiger partial charge in [0.1, 0.15) is 0 Å². The molecule has 0 fully saturated rings. The first-order valence-corrected chi connectivity index (χ1v) is 9.58. The van der Waals surface area contributed by atoms with Crippen LogP contribution in [0.15, 0.2) is 53.4 Å². The highest BCUT2D eigenvalue weighted by atomic mass is 32.2. The largest absolute Gasteiger partial charge is 0.481 e. The van der Waals surface area contributed by atoms with Crippen molar-refractivity contribution in [3.05, 3.63) is 59.7 Å². The van der Waals surface area contributed by atoms with E-state index < -0.39 is 27.3 Å². The Morgan fingerprint density at radius 3 is 1.93 bits per heavy atom. The summed E-state index contributed by atoms with van der Waals surface area (Å²) in [6, 6.07) is 12.2. The number of hydrogen-bond donors (Lipinski definition) is 2. The van der Waals surface area contributed by atoms with Crippen LogP contribution in [0.4, 0.5) is 5.69 Å². The number of benzene rings is 2. The summed E-state index contributed by atoms with van der Waals surface area (Å²) in [4.78, 5) is 23.7. The van der Waals surface area contributed by atoms with Gasteiger partial charge in [-0.2, -0.15) is 0 Å². The van der Waals surface area contributed by atoms with Crippen LogP contribution in [0.5, 0.6) is 0 Å². The van der Waals surface area contributed by atoms with Gasteiger partial charge < -0.3 is 10.4 Å². The molecule has 0 aliphatic rings. The van der Waals surface area contributed by atoms with Gasteiger partial charge in [0.25, 0.3) is 5.91 Å². The van der Waals surface area contributed by atoms with E-state index in [9.17, 15) is 23.1 Å². The molecule has 0 aliphatic heterocycles. The SMILES string of the molecule is CN(C)S(=O)(=O)c1ccc(C(=O)Nc2ccc(C(C)(C)C(=O)O)cc2)cc1. The number of carboxylic acids is 1. The highest BCUT2D eigenvalue weighted by Crippen LogP contribution is 2.25. The number of carbonyl (C=O) groups excluding carboxylic acids is 1. The number of nitrogens with one attached hydrogen (secondary N) is 1. The lowest BCUT2D eigenvalue weighted by Crippen LogP contribution is -2.28. The average Bonchev–Trinajstić information content (AvgIpc) is 2.62. The van der Waals surface area contributed by atoms with Crippen LogP contribution in [0.2, 0.25) is 0 Å². The van der Waals surface area contributed by atoms with Crippen LogP contribution >= 0.6 is 0 Å². The molecule has 0 aliphatic carbocycles. The molecule has 8 heteroatoms. The van der Waals surface area contributed by atoms with Crippen LogP contribution < -0.4 is 5.32 Å². The molecule has 0 radical (unpaired) electrons. The molecule has 7 nitrogen and oxygen atoms in total. The summed E-state index contributed by atoms with van der Waals surface area (Å²) >= 11 is 0. The van der Waals surface area contributed by atoms with Crippen molar-refractivity contribution in [3.8, 4) is 0 Å². The minimum atomic E-state index is -3.55. The van der Waals surface area contributed by atoms with Crippen molar-refractivity contribution in [1.82, 2.24) is 4.31 Å². The van der Waals surface area contributed by atoms with Gasteiger partial charge in [0, 0.05) is 25.3 Å². The van der Waals surface area contributed by atoms with Gasteiger partial charge in [-0.1, -0.05) is 12.1 Å². The first kappa shape index (κ1) is 20.6. The van der Waals surface area contributed by atoms with Gasteiger partial charge in [-0.05, 0) is 55.8 Å². The van der Waals surface area contributed by atoms with Crippen LogP contribution in [-0.4, -0.2) is 43.8 Å². The van der Waals surface area contributed by atoms with Crippen molar-refractivity contribution in [1.29, 1.82) is 0 Å². The monoisotopic (exact) mass is 390 g/mol. The molecule has 0 saturated carbocycles. The Morgan fingerprint density at radius 2 is 1.48 bits per heavy atom. The molecule has 0 unspecified atom stereocenters. The Hall–Kier alpha value is -2.71. The standard InChI is InChI=1S/C19H22N2O5S/c1-19(2,18(23)24)14-7-9-15(10-8-14)20-17(22)13-5-11-16(12-6-13)27(25,26)21(3)4/h5-12H,1-4H3,(H,20,22)(H,23,24). The fraction of sp³-hybridized carbons (Fsp3) is 0.263. The van der Waals surface area contributed by atoms with Crippen molar-refractivity contribution < 1.29 is 23.1 Å². The van der Waals surface area contributed by atoms with E-state index in [1.165, 1.54) is 38.4 Å². The maximum Gasteiger partial charge on any atom is 0.313 e. The molecule has 144 valence electrons. The average molecular weight is 390 g/mol. The third-order valence-electron chi connectivity index (χ3n) is 4.29. The summed E-state index contributed by atoms with van der Waals surface area (Å²) < 4.78 is 25.2. The summed E-state index contributed by atoms with van der Waals surface area (Å²) in [5.41, 5.74) is 0.403. The van der Waals surface area contributed by atoms with Gasteiger partial charge in [0.05, 0.1) is 10.3 Å². The summed E-state index contributed by atoms with van der Waals surface area (Å²) in [5.74, 6) is -1.33. The van der Waals surface area contributed by atoms with E-state index in [-0.39, 0.29) is 4.90 Å². The van der Waals surface area contributed by atoms with Crippen molar-refractivity contribution in [2.75, 3.05) is 19.4 Å². The first-order valence-electron chi connectivity index (χ1n) is 8.14. The van der Waals surface area contributed by atoms with Gasteiger partial charge >= 0.3 is 5.97 Å². The zero-order chi connectivity index (χ0) is 20.4. The molecule has 0 atom stereocenters. The van der Waals surface area contributed by atoms with E-state index in [0.29, 0.717) is 16.8 Å². The number of carbonyl (C=O) groups is 2. The second-order valence-electron chi connectivity index (χ2n) is 6.77. The molecule has 0 spiro atoms. The molecular weight excluding hydrogens is 368 g/mol. The number of nitrogens with zero attached hydrogens (tertiary/aromatic N) is 1. The van der Waals surface area contributed by atoms with Crippen LogP contribution in [0.3, 0.4) is 0 Å². The fourth-order valence-electron chi connectivity index (χ4n) is 2.29. The second kappa shape index (κ2) is 7.50. The minimum Gasteiger partial charge on any atom is -0.481 e. The quantitative estimate of drug-likeness (QED) is 0.789. The molecule has 27 heavy (non-hydrogen) atoms. The highest BCUT2D eigenvalue weighted by molar-refractivity contribution is 7.89. The van der Waals surface area contributed by atoms with Gasteiger partial charge in [0.2, 0.25) is 10.0 Å². The van der Waals surface area contributed by atoms with Crippen LogP contribution in [0.25, 0.3) is 0 Å². The van der Waals surface area contributed by atoms with Gasteiger partial charge in [0.15, 0.2) is 0 Å². The number of hydrogen-bond acceptors (Lipinski definition) is 4. The number of anilines is 1. The maximum atomic E-state index is 12.3. The Bertz CT molecular complexity index is 947. The molecular formula is C19H22N2O5S. The molecule has 0 bridgehead atoms. The lowest BCUT2D eigenvalue weighted by molar-refractivity contribution is -0.142. The van der Waals surface area contributed by atoms with E-state index in [1.807, 2.05) is 0 Å². The lowest BCUT2D eigenvalue weighted by Gasteiger charge is -2.19. The van der Waals surface area contributed by atoms with Gasteiger partial charge in [-0.25, -0.2) is 12.7 Å². The predicted molar refractivity (Wildman–Crippen MR) is 102 cm³/mol. The van der Waals surface area contributed by atoms with Crippen LogP contribution in [0, 0.1) is 0 Å². The molecule has 2 aromatic rings. The van der Waals surface area contributed by atoms with Gasteiger partial charge in [-0.3, -0.25) is 9.59 Å². The van der Waals surface area contributed by atoms with Crippen molar-refractivity contribution >= 4 is 27.6 Å². The zero-order valence-corrected chi connectivity index (χ0v) is 16.4. The Kier molecular flexibility index (Phi) is 5.72. The van der Waals surface area contributed by atoms with Gasteiger partial charge in [-0.15, -0.1) is 0 Å². The number of rotatable bonds is 6. The summed E-state index contributed by atoms with van der Waals surface area (Å²) in [6.45, 7) is 3.21. The Morgan fingerprint density at radius 1 is 0.963 bits per heavy atom. The highest BCUT2D eigenvalue weighted by Gasteiger charge is 2.29. The summed E-state index contributed by atoms with van der Waals surface area (Å²) in [7, 11) is -0.679. The van der Waals surface area contributed by atoms with Crippen molar-refractivity contribution in [2.45, 2.75) is 24.2 Å².